The largest absolute Gasteiger partial charge is 0.302 e. The predicted octanol–water partition coefficient (Wildman–Crippen LogP) is 3.22. The summed E-state index contributed by atoms with van der Waals surface area (Å²) < 4.78 is 0. The molecule has 1 atom stereocenters. The van der Waals surface area contributed by atoms with Gasteiger partial charge in [0.2, 0.25) is 0 Å². The molecule has 0 radical (unpaired) electrons. The summed E-state index contributed by atoms with van der Waals surface area (Å²) in [5.74, 6) is 0.0604. The highest BCUT2D eigenvalue weighted by atomic mass is 16.2. The third-order valence-corrected chi connectivity index (χ3v) is 5.50. The van der Waals surface area contributed by atoms with E-state index in [-0.39, 0.29) is 30.1 Å². The maximum atomic E-state index is 13.0. The summed E-state index contributed by atoms with van der Waals surface area (Å²) in [6, 6.07) is 5.91. The molecule has 1 amide bonds. The quantitative estimate of drug-likeness (QED) is 0.901. The van der Waals surface area contributed by atoms with Crippen LogP contribution in [-0.2, 0) is 9.59 Å². The molecule has 2 N–H and O–H groups in total. The zero-order valence-corrected chi connectivity index (χ0v) is 16.0. The van der Waals surface area contributed by atoms with Crippen molar-refractivity contribution in [1.29, 1.82) is 0 Å². The van der Waals surface area contributed by atoms with Crippen molar-refractivity contribution in [2.24, 2.45) is 22.6 Å². The van der Waals surface area contributed by atoms with E-state index >= 15 is 0 Å². The number of ketones is 1. The Hall–Kier alpha value is -2.01. The van der Waals surface area contributed by atoms with Crippen LogP contribution >= 0.6 is 0 Å². The van der Waals surface area contributed by atoms with E-state index in [1.807, 2.05) is 39.0 Å². The molecule has 1 saturated carbocycles. The summed E-state index contributed by atoms with van der Waals surface area (Å²) in [6.45, 7) is 6.16. The van der Waals surface area contributed by atoms with Crippen molar-refractivity contribution in [3.63, 3.8) is 0 Å². The van der Waals surface area contributed by atoms with E-state index in [1.165, 1.54) is 6.42 Å². The number of Topliss-reactive ketones (excluding diaryl/α,β-unsaturated/α-hetero) is 1. The zero-order chi connectivity index (χ0) is 18.8. The Kier molecular flexibility index (Phi) is 5.56. The highest BCUT2D eigenvalue weighted by Gasteiger charge is 2.34. The number of benzene rings is 1. The van der Waals surface area contributed by atoms with Gasteiger partial charge >= 0.3 is 0 Å². The Balaban J connectivity index is 2.00. The normalized spacial score (nSPS) is 21.4. The first-order valence-corrected chi connectivity index (χ1v) is 9.67. The highest BCUT2D eigenvalue weighted by Crippen LogP contribution is 2.32. The van der Waals surface area contributed by atoms with E-state index in [9.17, 15) is 9.59 Å². The number of aliphatic imine (C=N–C) groups is 1. The fourth-order valence-electron chi connectivity index (χ4n) is 4.09. The monoisotopic (exact) mass is 355 g/mol. The lowest BCUT2D eigenvalue weighted by Crippen LogP contribution is -2.46. The van der Waals surface area contributed by atoms with Crippen LogP contribution in [0.1, 0.15) is 57.1 Å². The second kappa shape index (κ2) is 7.70. The van der Waals surface area contributed by atoms with Crippen molar-refractivity contribution in [3.05, 3.63) is 29.3 Å². The minimum absolute atomic E-state index is 0.0639. The molecular weight excluding hydrogens is 326 g/mol. The number of carbonyl (C=O) groups is 2. The molecule has 5 heteroatoms. The average Bonchev–Trinajstić information content (AvgIpc) is 2.73. The molecule has 2 aliphatic rings. The lowest BCUT2D eigenvalue weighted by atomic mass is 9.86. The summed E-state index contributed by atoms with van der Waals surface area (Å²) in [4.78, 5) is 32.0. The van der Waals surface area contributed by atoms with Crippen LogP contribution < -0.4 is 10.6 Å². The molecule has 1 heterocycles. The number of amides is 1. The van der Waals surface area contributed by atoms with Crippen LogP contribution in [-0.4, -0.2) is 30.1 Å². The van der Waals surface area contributed by atoms with E-state index in [0.29, 0.717) is 0 Å². The molecule has 5 nitrogen and oxygen atoms in total. The van der Waals surface area contributed by atoms with Gasteiger partial charge < -0.3 is 10.6 Å². The molecule has 1 aliphatic heterocycles. The van der Waals surface area contributed by atoms with E-state index in [0.717, 1.165) is 48.2 Å². The first-order valence-electron chi connectivity index (χ1n) is 9.67. The Bertz CT molecular complexity index is 733. The highest BCUT2D eigenvalue weighted by molar-refractivity contribution is 6.15. The van der Waals surface area contributed by atoms with Gasteiger partial charge in [-0.15, -0.1) is 0 Å². The van der Waals surface area contributed by atoms with Crippen molar-refractivity contribution in [1.82, 2.24) is 0 Å². The summed E-state index contributed by atoms with van der Waals surface area (Å²) in [7, 11) is 0. The van der Waals surface area contributed by atoms with Crippen LogP contribution in [0, 0.1) is 18.8 Å². The van der Waals surface area contributed by atoms with Gasteiger partial charge in [-0.25, -0.2) is 0 Å². The maximum Gasteiger partial charge on any atom is 0.266 e. The third-order valence-electron chi connectivity index (χ3n) is 5.50. The number of rotatable bonds is 4. The molecule has 1 aromatic carbocycles. The first kappa shape index (κ1) is 18.8. The Morgan fingerprint density at radius 1 is 1.27 bits per heavy atom. The van der Waals surface area contributed by atoms with Crippen molar-refractivity contribution >= 4 is 23.1 Å². The number of nitrogens with zero attached hydrogens (tertiary/aromatic N) is 2. The fourth-order valence-corrected chi connectivity index (χ4v) is 4.09. The van der Waals surface area contributed by atoms with Crippen LogP contribution in [0.25, 0.3) is 0 Å². The molecule has 3 rings (SSSR count). The zero-order valence-electron chi connectivity index (χ0n) is 16.0. The Morgan fingerprint density at radius 3 is 2.62 bits per heavy atom. The SMILES string of the molecule is Cc1cccc2c1N(CC(=O)C1CCCCC1)C(=O)[C@@H](N)N=C2C(C)C. The Morgan fingerprint density at radius 2 is 1.96 bits per heavy atom. The van der Waals surface area contributed by atoms with Gasteiger partial charge in [0.25, 0.3) is 5.91 Å². The number of hydrogen-bond donors (Lipinski definition) is 1. The van der Waals surface area contributed by atoms with Crippen LogP contribution in [0.5, 0.6) is 0 Å². The second-order valence-electron chi connectivity index (χ2n) is 7.81. The molecule has 0 bridgehead atoms. The molecule has 1 aliphatic carbocycles. The fraction of sp³-hybridized carbons (Fsp3) is 0.571. The molecular formula is C21H29N3O2. The number of hydrogen-bond acceptors (Lipinski definition) is 4. The molecule has 0 saturated heterocycles. The standard InChI is InChI=1S/C21H29N3O2/c1-13(2)18-16-11-7-8-14(3)19(16)24(21(26)20(22)23-18)12-17(25)15-9-5-4-6-10-15/h7-8,11,13,15,20H,4-6,9-10,12,22H2,1-3H3/t20-/m0/s1. The van der Waals surface area contributed by atoms with Crippen LogP contribution in [0.3, 0.4) is 0 Å². The molecule has 1 fully saturated rings. The number of benzodiazepines with no additional fused rings is 1. The number of anilines is 1. The van der Waals surface area contributed by atoms with Gasteiger partial charge in [0, 0.05) is 17.2 Å². The maximum absolute atomic E-state index is 13.0. The van der Waals surface area contributed by atoms with Gasteiger partial charge in [0.05, 0.1) is 12.2 Å². The van der Waals surface area contributed by atoms with E-state index in [4.69, 9.17) is 5.73 Å². The minimum atomic E-state index is -0.960. The summed E-state index contributed by atoms with van der Waals surface area (Å²) in [6.07, 6.45) is 4.30. The Labute approximate surface area is 155 Å². The number of fused-ring (bicyclic) bond motifs is 1. The van der Waals surface area contributed by atoms with Crippen molar-refractivity contribution in [2.45, 2.75) is 59.0 Å². The summed E-state index contributed by atoms with van der Waals surface area (Å²) in [5, 5.41) is 0. The summed E-state index contributed by atoms with van der Waals surface area (Å²) in [5.41, 5.74) is 9.60. The van der Waals surface area contributed by atoms with Crippen molar-refractivity contribution in [3.8, 4) is 0 Å². The molecule has 0 unspecified atom stereocenters. The second-order valence-corrected chi connectivity index (χ2v) is 7.81. The molecule has 0 aromatic heterocycles. The first-order chi connectivity index (χ1) is 12.4. The lowest BCUT2D eigenvalue weighted by molar-refractivity contribution is -0.125. The number of para-hydroxylation sites is 1. The average molecular weight is 355 g/mol. The van der Waals surface area contributed by atoms with Crippen LogP contribution in [0.2, 0.25) is 0 Å². The predicted molar refractivity (Wildman–Crippen MR) is 104 cm³/mol. The van der Waals surface area contributed by atoms with Gasteiger partial charge in [-0.2, -0.15) is 0 Å². The van der Waals surface area contributed by atoms with Crippen LogP contribution in [0.4, 0.5) is 5.69 Å². The number of aryl methyl sites for hydroxylation is 1. The third kappa shape index (κ3) is 3.58. The molecule has 26 heavy (non-hydrogen) atoms. The summed E-state index contributed by atoms with van der Waals surface area (Å²) >= 11 is 0. The van der Waals surface area contributed by atoms with Gasteiger partial charge in [-0.1, -0.05) is 51.3 Å². The van der Waals surface area contributed by atoms with Crippen molar-refractivity contribution < 1.29 is 9.59 Å². The van der Waals surface area contributed by atoms with Gasteiger partial charge in [0.15, 0.2) is 11.9 Å². The minimum Gasteiger partial charge on any atom is -0.302 e. The smallest absolute Gasteiger partial charge is 0.266 e. The van der Waals surface area contributed by atoms with E-state index < -0.39 is 6.17 Å². The number of carbonyl (C=O) groups excluding carboxylic acids is 2. The van der Waals surface area contributed by atoms with Crippen molar-refractivity contribution in [2.75, 3.05) is 11.4 Å². The van der Waals surface area contributed by atoms with Gasteiger partial charge in [0.1, 0.15) is 0 Å². The number of nitrogens with two attached hydrogens (primary N) is 1. The molecule has 1 aromatic rings. The van der Waals surface area contributed by atoms with Crippen LogP contribution in [0.15, 0.2) is 23.2 Å². The molecule has 0 spiro atoms. The van der Waals surface area contributed by atoms with Gasteiger partial charge in [-0.3, -0.25) is 14.6 Å². The van der Waals surface area contributed by atoms with Gasteiger partial charge in [-0.05, 0) is 31.2 Å². The molecule has 140 valence electrons. The topological polar surface area (TPSA) is 75.8 Å². The lowest BCUT2D eigenvalue weighted by Gasteiger charge is -2.28. The van der Waals surface area contributed by atoms with E-state index in [1.54, 1.807) is 4.90 Å². The van der Waals surface area contributed by atoms with E-state index in [2.05, 4.69) is 4.99 Å².